The number of carbonyl (C=O) groups is 1. The van der Waals surface area contributed by atoms with E-state index in [0.29, 0.717) is 16.8 Å². The molecular formula is C15H13N3O2. The summed E-state index contributed by atoms with van der Waals surface area (Å²) in [5, 5.41) is 11.5. The fourth-order valence-corrected chi connectivity index (χ4v) is 1.62. The topological polar surface area (TPSA) is 75.1 Å². The summed E-state index contributed by atoms with van der Waals surface area (Å²) in [7, 11) is 0. The van der Waals surface area contributed by atoms with Crippen molar-refractivity contribution in [2.75, 3.05) is 11.9 Å². The van der Waals surface area contributed by atoms with Gasteiger partial charge in [-0.1, -0.05) is 17.9 Å². The third kappa shape index (κ3) is 3.40. The highest BCUT2D eigenvalue weighted by Crippen LogP contribution is 2.17. The lowest BCUT2D eigenvalue weighted by molar-refractivity contribution is 0.102. The molecule has 1 aromatic carbocycles. The molecule has 2 rings (SSSR count). The maximum atomic E-state index is 12.1. The Morgan fingerprint density at radius 2 is 2.10 bits per heavy atom. The highest BCUT2D eigenvalue weighted by molar-refractivity contribution is 6.04. The van der Waals surface area contributed by atoms with Gasteiger partial charge in [0.15, 0.2) is 0 Å². The molecule has 0 unspecified atom stereocenters. The third-order valence-corrected chi connectivity index (χ3v) is 2.55. The molecule has 2 N–H and O–H groups in total. The van der Waals surface area contributed by atoms with E-state index in [9.17, 15) is 4.79 Å². The Bertz CT molecular complexity index is 673. The molecule has 1 aromatic heterocycles. The van der Waals surface area contributed by atoms with Crippen LogP contribution in [0.4, 0.5) is 5.69 Å². The Morgan fingerprint density at radius 1 is 1.35 bits per heavy atom. The van der Waals surface area contributed by atoms with Crippen LogP contribution in [0.3, 0.4) is 0 Å². The Morgan fingerprint density at radius 3 is 2.80 bits per heavy atom. The number of anilines is 1. The van der Waals surface area contributed by atoms with Crippen molar-refractivity contribution in [3.63, 3.8) is 0 Å². The van der Waals surface area contributed by atoms with Crippen molar-refractivity contribution in [2.45, 2.75) is 6.92 Å². The quantitative estimate of drug-likeness (QED) is 0.806. The van der Waals surface area contributed by atoms with E-state index >= 15 is 0 Å². The maximum absolute atomic E-state index is 12.1. The average molecular weight is 267 g/mol. The predicted molar refractivity (Wildman–Crippen MR) is 75.1 cm³/mol. The van der Waals surface area contributed by atoms with Gasteiger partial charge in [0.1, 0.15) is 12.9 Å². The molecule has 0 aliphatic heterocycles. The molecule has 1 heterocycles. The van der Waals surface area contributed by atoms with Crippen LogP contribution in [0, 0.1) is 18.8 Å². The summed E-state index contributed by atoms with van der Waals surface area (Å²) in [5.41, 5.74) is 2.61. The number of hydrogen-bond donors (Lipinski definition) is 2. The van der Waals surface area contributed by atoms with Crippen LogP contribution in [0.2, 0.25) is 0 Å². The van der Waals surface area contributed by atoms with E-state index in [2.05, 4.69) is 27.1 Å². The van der Waals surface area contributed by atoms with Gasteiger partial charge in [0.25, 0.3) is 5.91 Å². The monoisotopic (exact) mass is 267 g/mol. The van der Waals surface area contributed by atoms with Crippen LogP contribution in [0.15, 0.2) is 36.9 Å². The minimum absolute atomic E-state index is 0.228. The lowest BCUT2D eigenvalue weighted by Gasteiger charge is -2.08. The van der Waals surface area contributed by atoms with Crippen LogP contribution in [-0.2, 0) is 0 Å². The first-order valence-electron chi connectivity index (χ1n) is 5.97. The standard InChI is InChI=1S/C15H13N3O2/c1-11-4-5-12(3-2-6-19)14(7-11)18-15(20)13-8-16-10-17-9-13/h4-5,7-10,19H,6H2,1H3,(H,18,20). The predicted octanol–water partition coefficient (Wildman–Crippen LogP) is 1.38. The van der Waals surface area contributed by atoms with Crippen LogP contribution in [0.5, 0.6) is 0 Å². The summed E-state index contributed by atoms with van der Waals surface area (Å²) in [6, 6.07) is 5.51. The van der Waals surface area contributed by atoms with E-state index < -0.39 is 0 Å². The molecule has 1 amide bonds. The number of aromatic nitrogens is 2. The van der Waals surface area contributed by atoms with Crippen molar-refractivity contribution < 1.29 is 9.90 Å². The summed E-state index contributed by atoms with van der Waals surface area (Å²) in [6.45, 7) is 1.69. The Labute approximate surface area is 116 Å². The fourth-order valence-electron chi connectivity index (χ4n) is 1.62. The maximum Gasteiger partial charge on any atom is 0.258 e. The van der Waals surface area contributed by atoms with Crippen molar-refractivity contribution in [1.29, 1.82) is 0 Å². The number of aryl methyl sites for hydroxylation is 1. The number of hydrogen-bond acceptors (Lipinski definition) is 4. The normalized spacial score (nSPS) is 9.50. The largest absolute Gasteiger partial charge is 0.384 e. The van der Waals surface area contributed by atoms with Crippen LogP contribution in [0.25, 0.3) is 0 Å². The van der Waals surface area contributed by atoms with Crippen molar-refractivity contribution in [2.24, 2.45) is 0 Å². The molecule has 2 aromatic rings. The van der Waals surface area contributed by atoms with E-state index in [4.69, 9.17) is 5.11 Å². The van der Waals surface area contributed by atoms with E-state index in [1.165, 1.54) is 18.7 Å². The molecule has 0 radical (unpaired) electrons. The lowest BCUT2D eigenvalue weighted by atomic mass is 10.1. The number of nitrogens with one attached hydrogen (secondary N) is 1. The summed E-state index contributed by atoms with van der Waals surface area (Å²) < 4.78 is 0. The number of rotatable bonds is 2. The zero-order valence-corrected chi connectivity index (χ0v) is 10.9. The molecule has 5 nitrogen and oxygen atoms in total. The molecule has 20 heavy (non-hydrogen) atoms. The minimum atomic E-state index is -0.303. The smallest absolute Gasteiger partial charge is 0.258 e. The highest BCUT2D eigenvalue weighted by Gasteiger charge is 2.09. The minimum Gasteiger partial charge on any atom is -0.384 e. The Hall–Kier alpha value is -2.71. The van der Waals surface area contributed by atoms with E-state index in [1.54, 1.807) is 6.07 Å². The van der Waals surface area contributed by atoms with Gasteiger partial charge in [-0.15, -0.1) is 0 Å². The first-order valence-corrected chi connectivity index (χ1v) is 5.97. The van der Waals surface area contributed by atoms with Gasteiger partial charge in [-0.2, -0.15) is 0 Å². The zero-order chi connectivity index (χ0) is 14.4. The van der Waals surface area contributed by atoms with Crippen LogP contribution < -0.4 is 5.32 Å². The number of nitrogens with zero attached hydrogens (tertiary/aromatic N) is 2. The molecule has 0 spiro atoms. The number of aliphatic hydroxyl groups excluding tert-OH is 1. The molecule has 0 aliphatic carbocycles. The van der Waals surface area contributed by atoms with Crippen molar-refractivity contribution in [1.82, 2.24) is 9.97 Å². The number of amides is 1. The summed E-state index contributed by atoms with van der Waals surface area (Å²) in [4.78, 5) is 19.7. The molecule has 0 saturated heterocycles. The summed E-state index contributed by atoms with van der Waals surface area (Å²) in [5.74, 6) is 5.07. The van der Waals surface area contributed by atoms with Gasteiger partial charge in [0.05, 0.1) is 11.3 Å². The number of carbonyl (C=O) groups excluding carboxylic acids is 1. The van der Waals surface area contributed by atoms with Gasteiger partial charge >= 0.3 is 0 Å². The Kier molecular flexibility index (Phi) is 4.43. The van der Waals surface area contributed by atoms with E-state index in [-0.39, 0.29) is 12.5 Å². The van der Waals surface area contributed by atoms with Crippen LogP contribution >= 0.6 is 0 Å². The van der Waals surface area contributed by atoms with E-state index in [0.717, 1.165) is 5.56 Å². The van der Waals surface area contributed by atoms with Crippen molar-refractivity contribution in [3.8, 4) is 11.8 Å². The third-order valence-electron chi connectivity index (χ3n) is 2.55. The number of benzene rings is 1. The van der Waals surface area contributed by atoms with Crippen molar-refractivity contribution >= 4 is 11.6 Å². The fraction of sp³-hybridized carbons (Fsp3) is 0.133. The van der Waals surface area contributed by atoms with Gasteiger partial charge in [0, 0.05) is 18.0 Å². The highest BCUT2D eigenvalue weighted by atomic mass is 16.2. The summed E-state index contributed by atoms with van der Waals surface area (Å²) in [6.07, 6.45) is 4.25. The SMILES string of the molecule is Cc1ccc(C#CCO)c(NC(=O)c2cncnc2)c1. The lowest BCUT2D eigenvalue weighted by Crippen LogP contribution is -2.13. The van der Waals surface area contributed by atoms with Gasteiger partial charge in [0.2, 0.25) is 0 Å². The van der Waals surface area contributed by atoms with Gasteiger partial charge in [-0.25, -0.2) is 9.97 Å². The van der Waals surface area contributed by atoms with E-state index in [1.807, 2.05) is 19.1 Å². The van der Waals surface area contributed by atoms with Gasteiger partial charge in [-0.3, -0.25) is 4.79 Å². The first kappa shape index (κ1) is 13.7. The van der Waals surface area contributed by atoms with Gasteiger partial charge in [-0.05, 0) is 24.6 Å². The molecule has 0 aliphatic rings. The molecule has 100 valence electrons. The molecule has 5 heteroatoms. The molecule has 0 saturated carbocycles. The van der Waals surface area contributed by atoms with Crippen LogP contribution in [0.1, 0.15) is 21.5 Å². The van der Waals surface area contributed by atoms with Crippen molar-refractivity contribution in [3.05, 3.63) is 53.6 Å². The molecular weight excluding hydrogens is 254 g/mol. The zero-order valence-electron chi connectivity index (χ0n) is 10.9. The number of aliphatic hydroxyl groups is 1. The Balaban J connectivity index is 2.28. The van der Waals surface area contributed by atoms with Gasteiger partial charge < -0.3 is 10.4 Å². The average Bonchev–Trinajstić information content (AvgIpc) is 2.47. The first-order chi connectivity index (χ1) is 9.70. The second-order valence-corrected chi connectivity index (χ2v) is 4.09. The molecule has 0 bridgehead atoms. The molecule has 0 atom stereocenters. The second kappa shape index (κ2) is 6.45. The van der Waals surface area contributed by atoms with Crippen LogP contribution in [-0.4, -0.2) is 27.6 Å². The summed E-state index contributed by atoms with van der Waals surface area (Å²) >= 11 is 0. The molecule has 0 fully saturated rings. The second-order valence-electron chi connectivity index (χ2n) is 4.09.